The van der Waals surface area contributed by atoms with Crippen LogP contribution in [0.4, 0.5) is 18.9 Å². The van der Waals surface area contributed by atoms with Crippen molar-refractivity contribution in [1.29, 1.82) is 0 Å². The molecule has 0 aliphatic carbocycles. The van der Waals surface area contributed by atoms with E-state index in [0.29, 0.717) is 10.0 Å². The van der Waals surface area contributed by atoms with Gasteiger partial charge < -0.3 is 16.3 Å². The second-order valence-electron chi connectivity index (χ2n) is 3.52. The molecule has 1 amide bonds. The van der Waals surface area contributed by atoms with Gasteiger partial charge in [-0.1, -0.05) is 5.16 Å². The molecule has 1 aromatic carbocycles. The molecule has 0 aliphatic rings. The predicted octanol–water partition coefficient (Wildman–Crippen LogP) is 2.43. The molecule has 9 heteroatoms. The second-order valence-corrected chi connectivity index (χ2v) is 4.37. The lowest BCUT2D eigenvalue weighted by Gasteiger charge is -2.10. The summed E-state index contributed by atoms with van der Waals surface area (Å²) in [5, 5.41) is 13.4. The first kappa shape index (κ1) is 15.3. The second kappa shape index (κ2) is 5.91. The molecular weight excluding hydrogens is 331 g/mol. The first-order chi connectivity index (χ1) is 8.73. The molecule has 0 radical (unpaired) electrons. The van der Waals surface area contributed by atoms with E-state index in [1.54, 1.807) is 0 Å². The van der Waals surface area contributed by atoms with Crippen molar-refractivity contribution in [3.8, 4) is 0 Å². The van der Waals surface area contributed by atoms with Crippen LogP contribution >= 0.6 is 15.9 Å². The Labute approximate surface area is 114 Å². The molecule has 5 nitrogen and oxygen atoms in total. The van der Waals surface area contributed by atoms with Crippen LogP contribution < -0.4 is 11.1 Å². The topological polar surface area (TPSA) is 87.7 Å². The third-order valence-corrected chi connectivity index (χ3v) is 2.66. The minimum absolute atomic E-state index is 0.156. The Balaban J connectivity index is 2.84. The Hall–Kier alpha value is -1.77. The lowest BCUT2D eigenvalue weighted by molar-refractivity contribution is -0.150. The normalized spacial score (nSPS) is 12.3. The van der Waals surface area contributed by atoms with Gasteiger partial charge in [-0.3, -0.25) is 4.79 Å². The Morgan fingerprint density at radius 2 is 2.11 bits per heavy atom. The number of nitrogens with zero attached hydrogens (tertiary/aromatic N) is 1. The Morgan fingerprint density at radius 1 is 1.47 bits per heavy atom. The van der Waals surface area contributed by atoms with Crippen LogP contribution in [0.1, 0.15) is 12.0 Å². The number of carbonyl (C=O) groups is 1. The quantitative estimate of drug-likeness (QED) is 0.342. The van der Waals surface area contributed by atoms with Gasteiger partial charge in [0.2, 0.25) is 5.91 Å². The maximum absolute atomic E-state index is 12.0. The maximum atomic E-state index is 12.0. The minimum Gasteiger partial charge on any atom is -0.409 e. The number of amides is 1. The van der Waals surface area contributed by atoms with E-state index in [9.17, 15) is 18.0 Å². The van der Waals surface area contributed by atoms with Gasteiger partial charge in [-0.15, -0.1) is 0 Å². The summed E-state index contributed by atoms with van der Waals surface area (Å²) in [4.78, 5) is 11.1. The highest BCUT2D eigenvalue weighted by molar-refractivity contribution is 9.10. The number of carbonyl (C=O) groups excluding carboxylic acids is 1. The van der Waals surface area contributed by atoms with Gasteiger partial charge in [-0.2, -0.15) is 13.2 Å². The molecule has 0 fully saturated rings. The molecule has 0 heterocycles. The summed E-state index contributed by atoms with van der Waals surface area (Å²) < 4.78 is 36.3. The monoisotopic (exact) mass is 339 g/mol. The van der Waals surface area contributed by atoms with E-state index >= 15 is 0 Å². The number of alkyl halides is 3. The van der Waals surface area contributed by atoms with Gasteiger partial charge in [-0.05, 0) is 34.1 Å². The standard InChI is InChI=1S/C10H9BrF3N3O2/c11-6-3-5(9(15)17-19)1-2-7(6)16-8(18)4-10(12,13)14/h1-3,19H,4H2,(H2,15,17)(H,16,18). The Morgan fingerprint density at radius 3 is 2.58 bits per heavy atom. The smallest absolute Gasteiger partial charge is 0.397 e. The summed E-state index contributed by atoms with van der Waals surface area (Å²) in [6, 6.07) is 4.13. The van der Waals surface area contributed by atoms with Crippen LogP contribution in [0.5, 0.6) is 0 Å². The number of nitrogens with two attached hydrogens (primary N) is 1. The SMILES string of the molecule is N/C(=N/O)c1ccc(NC(=O)CC(F)(F)F)c(Br)c1. The van der Waals surface area contributed by atoms with Crippen molar-refractivity contribution in [3.05, 3.63) is 28.2 Å². The number of hydrogen-bond acceptors (Lipinski definition) is 3. The van der Waals surface area contributed by atoms with Crippen molar-refractivity contribution in [2.75, 3.05) is 5.32 Å². The van der Waals surface area contributed by atoms with E-state index in [-0.39, 0.29) is 11.5 Å². The van der Waals surface area contributed by atoms with Gasteiger partial charge in [0.05, 0.1) is 5.69 Å². The average Bonchev–Trinajstić information content (AvgIpc) is 2.28. The zero-order chi connectivity index (χ0) is 14.6. The third kappa shape index (κ3) is 4.78. The molecule has 0 atom stereocenters. The van der Waals surface area contributed by atoms with Gasteiger partial charge >= 0.3 is 6.18 Å². The lowest BCUT2D eigenvalue weighted by atomic mass is 10.2. The van der Waals surface area contributed by atoms with Gasteiger partial charge in [0, 0.05) is 10.0 Å². The van der Waals surface area contributed by atoms with Crippen molar-refractivity contribution < 1.29 is 23.2 Å². The van der Waals surface area contributed by atoms with Crippen molar-refractivity contribution in [1.82, 2.24) is 0 Å². The van der Waals surface area contributed by atoms with Crippen LogP contribution in [0.2, 0.25) is 0 Å². The van der Waals surface area contributed by atoms with Gasteiger partial charge in [0.15, 0.2) is 5.84 Å². The fraction of sp³-hybridized carbons (Fsp3) is 0.200. The van der Waals surface area contributed by atoms with E-state index < -0.39 is 18.5 Å². The van der Waals surface area contributed by atoms with Crippen LogP contribution in [0.25, 0.3) is 0 Å². The molecule has 1 aromatic rings. The van der Waals surface area contributed by atoms with Crippen molar-refractivity contribution in [2.45, 2.75) is 12.6 Å². The summed E-state index contributed by atoms with van der Waals surface area (Å²) in [6.45, 7) is 0. The number of anilines is 1. The highest BCUT2D eigenvalue weighted by Crippen LogP contribution is 2.25. The molecule has 0 unspecified atom stereocenters. The molecule has 0 bridgehead atoms. The number of rotatable bonds is 3. The van der Waals surface area contributed by atoms with Crippen molar-refractivity contribution >= 4 is 33.4 Å². The van der Waals surface area contributed by atoms with Crippen molar-refractivity contribution in [3.63, 3.8) is 0 Å². The summed E-state index contributed by atoms with van der Waals surface area (Å²) in [6.07, 6.45) is -6.13. The van der Waals surface area contributed by atoms with Crippen molar-refractivity contribution in [2.24, 2.45) is 10.9 Å². The summed E-state index contributed by atoms with van der Waals surface area (Å²) >= 11 is 3.06. The van der Waals surface area contributed by atoms with E-state index in [4.69, 9.17) is 10.9 Å². The lowest BCUT2D eigenvalue weighted by Crippen LogP contribution is -2.21. The first-order valence-corrected chi connectivity index (χ1v) is 5.66. The van der Waals surface area contributed by atoms with Crippen LogP contribution in [0.15, 0.2) is 27.8 Å². The molecule has 0 spiro atoms. The molecule has 0 aromatic heterocycles. The summed E-state index contributed by atoms with van der Waals surface area (Å²) in [7, 11) is 0. The number of oxime groups is 1. The predicted molar refractivity (Wildman–Crippen MR) is 66.0 cm³/mol. The molecular formula is C10H9BrF3N3O2. The molecule has 4 N–H and O–H groups in total. The summed E-state index contributed by atoms with van der Waals surface area (Å²) in [5.74, 6) is -1.33. The molecule has 0 aliphatic heterocycles. The molecule has 19 heavy (non-hydrogen) atoms. The number of nitrogens with one attached hydrogen (secondary N) is 1. The van der Waals surface area contributed by atoms with E-state index in [1.165, 1.54) is 18.2 Å². The van der Waals surface area contributed by atoms with E-state index in [2.05, 4.69) is 26.4 Å². The van der Waals surface area contributed by atoms with E-state index in [1.807, 2.05) is 0 Å². The van der Waals surface area contributed by atoms with Crippen LogP contribution in [-0.4, -0.2) is 23.1 Å². The van der Waals surface area contributed by atoms with Gasteiger partial charge in [-0.25, -0.2) is 0 Å². The fourth-order valence-corrected chi connectivity index (χ4v) is 1.69. The molecule has 0 saturated heterocycles. The van der Waals surface area contributed by atoms with Crippen LogP contribution in [0.3, 0.4) is 0 Å². The number of amidine groups is 1. The Bertz CT molecular complexity index is 517. The van der Waals surface area contributed by atoms with Gasteiger partial charge in [0.1, 0.15) is 6.42 Å². The van der Waals surface area contributed by atoms with Gasteiger partial charge in [0.25, 0.3) is 0 Å². The number of hydrogen-bond donors (Lipinski definition) is 3. The third-order valence-electron chi connectivity index (χ3n) is 2.01. The largest absolute Gasteiger partial charge is 0.409 e. The Kier molecular flexibility index (Phi) is 4.76. The highest BCUT2D eigenvalue weighted by Gasteiger charge is 2.31. The average molecular weight is 340 g/mol. The molecule has 1 rings (SSSR count). The minimum atomic E-state index is -4.57. The summed E-state index contributed by atoms with van der Waals surface area (Å²) in [5.41, 5.74) is 5.85. The first-order valence-electron chi connectivity index (χ1n) is 4.87. The fourth-order valence-electron chi connectivity index (χ4n) is 1.21. The zero-order valence-electron chi connectivity index (χ0n) is 9.33. The highest BCUT2D eigenvalue weighted by atomic mass is 79.9. The van der Waals surface area contributed by atoms with E-state index in [0.717, 1.165) is 0 Å². The maximum Gasteiger partial charge on any atom is 0.397 e. The van der Waals surface area contributed by atoms with Crippen LogP contribution in [0, 0.1) is 0 Å². The molecule has 104 valence electrons. The molecule has 0 saturated carbocycles. The van der Waals surface area contributed by atoms with Crippen LogP contribution in [-0.2, 0) is 4.79 Å². The number of halogens is 4. The zero-order valence-corrected chi connectivity index (χ0v) is 10.9. The number of benzene rings is 1.